The second kappa shape index (κ2) is 3.92. The molecular weight excluding hydrogens is 170 g/mol. The van der Waals surface area contributed by atoms with Crippen LogP contribution in [0.15, 0.2) is 0 Å². The van der Waals surface area contributed by atoms with E-state index in [4.69, 9.17) is 0 Å². The molecule has 4 nitrogen and oxygen atoms in total. The van der Waals surface area contributed by atoms with E-state index >= 15 is 0 Å². The van der Waals surface area contributed by atoms with Crippen molar-refractivity contribution in [2.24, 2.45) is 0 Å². The number of aliphatic hydroxyl groups excluding tert-OH is 1. The standard InChI is InChI=1S/C9H21NO3/c1-6-7(11)10(8(2,3)12)9(4,5)13/h7,11-13H,6H2,1-5H3. The number of nitrogens with zero attached hydrogens (tertiary/aromatic N) is 1. The number of hydrogen-bond donors (Lipinski definition) is 3. The Labute approximate surface area is 79.8 Å². The Kier molecular flexibility index (Phi) is 3.87. The lowest BCUT2D eigenvalue weighted by Crippen LogP contribution is -2.60. The fourth-order valence-corrected chi connectivity index (χ4v) is 1.58. The highest BCUT2D eigenvalue weighted by molar-refractivity contribution is 4.79. The quantitative estimate of drug-likeness (QED) is 0.565. The largest absolute Gasteiger partial charge is 0.378 e. The summed E-state index contributed by atoms with van der Waals surface area (Å²) in [5.74, 6) is 0. The Balaban J connectivity index is 4.78. The van der Waals surface area contributed by atoms with Gasteiger partial charge in [-0.2, -0.15) is 0 Å². The van der Waals surface area contributed by atoms with Crippen molar-refractivity contribution in [3.63, 3.8) is 0 Å². The van der Waals surface area contributed by atoms with Crippen molar-refractivity contribution in [3.05, 3.63) is 0 Å². The van der Waals surface area contributed by atoms with Gasteiger partial charge in [0.1, 0.15) is 17.7 Å². The second-order valence-corrected chi connectivity index (χ2v) is 4.25. The molecule has 3 N–H and O–H groups in total. The van der Waals surface area contributed by atoms with Crippen LogP contribution in [0.25, 0.3) is 0 Å². The first-order chi connectivity index (χ1) is 5.60. The van der Waals surface area contributed by atoms with E-state index < -0.39 is 17.7 Å². The molecule has 0 aromatic rings. The van der Waals surface area contributed by atoms with Crippen molar-refractivity contribution in [2.75, 3.05) is 0 Å². The van der Waals surface area contributed by atoms with Crippen molar-refractivity contribution >= 4 is 0 Å². The minimum absolute atomic E-state index is 0.452. The Morgan fingerprint density at radius 1 is 1.08 bits per heavy atom. The molecule has 0 rings (SSSR count). The van der Waals surface area contributed by atoms with Crippen LogP contribution < -0.4 is 0 Å². The third kappa shape index (κ3) is 3.60. The smallest absolute Gasteiger partial charge is 0.117 e. The van der Waals surface area contributed by atoms with Gasteiger partial charge in [0.15, 0.2) is 0 Å². The van der Waals surface area contributed by atoms with Crippen LogP contribution in [0.1, 0.15) is 41.0 Å². The van der Waals surface area contributed by atoms with Crippen LogP contribution in [0, 0.1) is 0 Å². The molecule has 0 fully saturated rings. The molecule has 0 bridgehead atoms. The molecule has 0 aliphatic carbocycles. The molecule has 0 aliphatic rings. The van der Waals surface area contributed by atoms with Crippen molar-refractivity contribution in [1.82, 2.24) is 4.90 Å². The first-order valence-corrected chi connectivity index (χ1v) is 4.53. The summed E-state index contributed by atoms with van der Waals surface area (Å²) in [7, 11) is 0. The molecule has 1 unspecified atom stereocenters. The zero-order valence-electron chi connectivity index (χ0n) is 9.07. The Hall–Kier alpha value is -0.160. The van der Waals surface area contributed by atoms with Crippen molar-refractivity contribution in [1.29, 1.82) is 0 Å². The number of rotatable bonds is 4. The van der Waals surface area contributed by atoms with Gasteiger partial charge in [0.2, 0.25) is 0 Å². The van der Waals surface area contributed by atoms with Gasteiger partial charge in [0.05, 0.1) is 0 Å². The fraction of sp³-hybridized carbons (Fsp3) is 1.00. The summed E-state index contributed by atoms with van der Waals surface area (Å²) in [6.45, 7) is 7.91. The maximum absolute atomic E-state index is 9.72. The summed E-state index contributed by atoms with van der Waals surface area (Å²) in [6, 6.07) is 0. The lowest BCUT2D eigenvalue weighted by Gasteiger charge is -2.45. The fourth-order valence-electron chi connectivity index (χ4n) is 1.58. The molecule has 1 atom stereocenters. The van der Waals surface area contributed by atoms with E-state index in [2.05, 4.69) is 0 Å². The highest BCUT2D eigenvalue weighted by Gasteiger charge is 2.38. The van der Waals surface area contributed by atoms with Crippen molar-refractivity contribution < 1.29 is 15.3 Å². The third-order valence-electron chi connectivity index (χ3n) is 1.84. The van der Waals surface area contributed by atoms with Gasteiger partial charge in [-0.3, -0.25) is 0 Å². The van der Waals surface area contributed by atoms with Gasteiger partial charge < -0.3 is 15.3 Å². The first kappa shape index (κ1) is 12.8. The van der Waals surface area contributed by atoms with E-state index in [9.17, 15) is 15.3 Å². The molecule has 0 heterocycles. The average Bonchev–Trinajstić information content (AvgIpc) is 1.80. The number of hydrogen-bond acceptors (Lipinski definition) is 4. The minimum atomic E-state index is -1.24. The zero-order valence-corrected chi connectivity index (χ0v) is 9.07. The molecule has 13 heavy (non-hydrogen) atoms. The van der Waals surface area contributed by atoms with E-state index in [0.717, 1.165) is 0 Å². The monoisotopic (exact) mass is 191 g/mol. The SMILES string of the molecule is CCC(O)N(C(C)(C)O)C(C)(C)O. The summed E-state index contributed by atoms with van der Waals surface area (Å²) in [6.07, 6.45) is -0.395. The summed E-state index contributed by atoms with van der Waals surface area (Å²) in [4.78, 5) is 1.26. The van der Waals surface area contributed by atoms with E-state index in [1.165, 1.54) is 32.6 Å². The Morgan fingerprint density at radius 2 is 1.38 bits per heavy atom. The predicted octanol–water partition coefficient (Wildman–Crippen LogP) is 0.474. The molecule has 0 aliphatic heterocycles. The van der Waals surface area contributed by atoms with Gasteiger partial charge >= 0.3 is 0 Å². The average molecular weight is 191 g/mol. The van der Waals surface area contributed by atoms with Crippen LogP contribution in [0.2, 0.25) is 0 Å². The highest BCUT2D eigenvalue weighted by Crippen LogP contribution is 2.24. The highest BCUT2D eigenvalue weighted by atomic mass is 16.4. The minimum Gasteiger partial charge on any atom is -0.378 e. The van der Waals surface area contributed by atoms with Crippen molar-refractivity contribution in [3.8, 4) is 0 Å². The lowest BCUT2D eigenvalue weighted by molar-refractivity contribution is -0.256. The van der Waals surface area contributed by atoms with Gasteiger partial charge in [-0.1, -0.05) is 6.92 Å². The summed E-state index contributed by atoms with van der Waals surface area (Å²) >= 11 is 0. The zero-order chi connectivity index (χ0) is 10.9. The molecule has 0 radical (unpaired) electrons. The topological polar surface area (TPSA) is 63.9 Å². The maximum atomic E-state index is 9.72. The normalized spacial score (nSPS) is 16.4. The maximum Gasteiger partial charge on any atom is 0.117 e. The van der Waals surface area contributed by atoms with Crippen LogP contribution in [0.3, 0.4) is 0 Å². The van der Waals surface area contributed by atoms with E-state index in [1.54, 1.807) is 6.92 Å². The van der Waals surface area contributed by atoms with Crippen molar-refractivity contribution in [2.45, 2.75) is 58.7 Å². The van der Waals surface area contributed by atoms with Gasteiger partial charge in [0, 0.05) is 0 Å². The predicted molar refractivity (Wildman–Crippen MR) is 50.7 cm³/mol. The molecule has 0 aromatic carbocycles. The van der Waals surface area contributed by atoms with E-state index in [-0.39, 0.29) is 0 Å². The second-order valence-electron chi connectivity index (χ2n) is 4.25. The third-order valence-corrected chi connectivity index (χ3v) is 1.84. The van der Waals surface area contributed by atoms with Crippen LogP contribution in [-0.4, -0.2) is 37.9 Å². The van der Waals surface area contributed by atoms with Gasteiger partial charge in [-0.25, -0.2) is 4.90 Å². The van der Waals surface area contributed by atoms with Crippen LogP contribution in [0.4, 0.5) is 0 Å². The van der Waals surface area contributed by atoms with Gasteiger partial charge in [-0.15, -0.1) is 0 Å². The molecular formula is C9H21NO3. The molecule has 80 valence electrons. The Bertz CT molecular complexity index is 143. The molecule has 0 spiro atoms. The summed E-state index contributed by atoms with van der Waals surface area (Å²) < 4.78 is 0. The molecule has 0 aromatic heterocycles. The number of aliphatic hydroxyl groups is 3. The van der Waals surface area contributed by atoms with E-state index in [0.29, 0.717) is 6.42 Å². The van der Waals surface area contributed by atoms with Gasteiger partial charge in [-0.05, 0) is 34.1 Å². The van der Waals surface area contributed by atoms with Crippen LogP contribution in [-0.2, 0) is 0 Å². The summed E-state index contributed by atoms with van der Waals surface area (Å²) in [5, 5.41) is 29.0. The molecule has 4 heteroatoms. The first-order valence-electron chi connectivity index (χ1n) is 4.53. The Morgan fingerprint density at radius 3 is 1.46 bits per heavy atom. The summed E-state index contributed by atoms with van der Waals surface area (Å²) in [5.41, 5.74) is -2.48. The van der Waals surface area contributed by atoms with Crippen LogP contribution >= 0.6 is 0 Å². The van der Waals surface area contributed by atoms with Crippen LogP contribution in [0.5, 0.6) is 0 Å². The molecule has 0 saturated heterocycles. The van der Waals surface area contributed by atoms with E-state index in [1.807, 2.05) is 0 Å². The lowest BCUT2D eigenvalue weighted by atomic mass is 10.1. The molecule has 0 amide bonds. The molecule has 0 saturated carbocycles. The van der Waals surface area contributed by atoms with Gasteiger partial charge in [0.25, 0.3) is 0 Å².